The van der Waals surface area contributed by atoms with Gasteiger partial charge < -0.3 is 38.0 Å². The minimum absolute atomic E-state index is 0. The van der Waals surface area contributed by atoms with Gasteiger partial charge in [-0.25, -0.2) is 0 Å². The molecular weight excluding hydrogens is 379 g/mol. The van der Waals surface area contributed by atoms with Crippen LogP contribution in [0.15, 0.2) is 0 Å². The van der Waals surface area contributed by atoms with Gasteiger partial charge in [-0.05, 0) is 13.8 Å². The Labute approximate surface area is 86.4 Å². The maximum atomic E-state index is 8.06. The summed E-state index contributed by atoms with van der Waals surface area (Å²) in [6.07, 6.45) is -0.167. The van der Waals surface area contributed by atoms with Crippen LogP contribution in [0.4, 0.5) is 0 Å². The minimum atomic E-state index is -0.167. The molecule has 0 atom stereocenters. The van der Waals surface area contributed by atoms with E-state index in [9.17, 15) is 0 Å². The van der Waals surface area contributed by atoms with E-state index >= 15 is 0 Å². The summed E-state index contributed by atoms with van der Waals surface area (Å²) in [5.74, 6) is 0. The Bertz CT molecular complexity index is 23.4. The quantitative estimate of drug-likeness (QED) is 0.426. The Kier molecular flexibility index (Phi) is 642. The van der Waals surface area contributed by atoms with Crippen LogP contribution in [-0.2, 0) is 18.8 Å². The Morgan fingerprint density at radius 1 is 0.833 bits per heavy atom. The molecule has 0 amide bonds. The summed E-state index contributed by atoms with van der Waals surface area (Å²) in [5, 5.41) is 8.06. The number of aliphatic hydroxyl groups is 1. The second kappa shape index (κ2) is 97.9. The molecule has 0 aromatic heterocycles. The van der Waals surface area contributed by atoms with Crippen molar-refractivity contribution in [2.75, 3.05) is 0 Å². The first kappa shape index (κ1) is 78.7. The SMILES string of the molecule is CC(C)O.O.O.O.O.O.O.[Cl][Pt]. The Morgan fingerprint density at radius 2 is 0.833 bits per heavy atom. The van der Waals surface area contributed by atoms with Crippen LogP contribution >= 0.6 is 9.42 Å². The average Bonchev–Trinajstić information content (AvgIpc) is 1.41. The van der Waals surface area contributed by atoms with Crippen LogP contribution in [0.1, 0.15) is 13.8 Å². The molecule has 0 aromatic carbocycles. The fourth-order valence-corrected chi connectivity index (χ4v) is 0. The molecule has 0 aromatic rings. The molecule has 0 saturated carbocycles. The molecule has 91 valence electrons. The molecular formula is C3H20ClO7Pt. The van der Waals surface area contributed by atoms with Gasteiger partial charge in [0.15, 0.2) is 0 Å². The van der Waals surface area contributed by atoms with Crippen molar-refractivity contribution in [1.82, 2.24) is 0 Å². The first-order valence-electron chi connectivity index (χ1n) is 1.53. The second-order valence-corrected chi connectivity index (χ2v) is 1.09. The molecule has 0 radical (unpaired) electrons. The van der Waals surface area contributed by atoms with Gasteiger partial charge in [-0.1, -0.05) is 0 Å². The van der Waals surface area contributed by atoms with Crippen LogP contribution in [0.3, 0.4) is 0 Å². The monoisotopic (exact) mass is 398 g/mol. The van der Waals surface area contributed by atoms with Crippen LogP contribution in [0, 0.1) is 0 Å². The van der Waals surface area contributed by atoms with E-state index in [1.165, 1.54) is 0 Å². The molecule has 0 aliphatic heterocycles. The molecule has 0 heterocycles. The molecule has 0 fully saturated rings. The summed E-state index contributed by atoms with van der Waals surface area (Å²) in [4.78, 5) is 0. The van der Waals surface area contributed by atoms with E-state index in [4.69, 9.17) is 5.11 Å². The van der Waals surface area contributed by atoms with E-state index in [0.29, 0.717) is 0 Å². The van der Waals surface area contributed by atoms with Gasteiger partial charge >= 0.3 is 28.2 Å². The predicted octanol–water partition coefficient (Wildman–Crippen LogP) is -3.87. The summed E-state index contributed by atoms with van der Waals surface area (Å²) in [7, 11) is 4.61. The summed E-state index contributed by atoms with van der Waals surface area (Å²) in [6.45, 7) is 3.44. The van der Waals surface area contributed by atoms with Crippen molar-refractivity contribution in [3.8, 4) is 0 Å². The summed E-state index contributed by atoms with van der Waals surface area (Å²) in [5.41, 5.74) is 0. The number of aliphatic hydroxyl groups excluding tert-OH is 1. The zero-order valence-corrected chi connectivity index (χ0v) is 9.75. The zero-order chi connectivity index (χ0) is 5.58. The number of rotatable bonds is 0. The fraction of sp³-hybridized carbons (Fsp3) is 1.00. The van der Waals surface area contributed by atoms with E-state index in [-0.39, 0.29) is 39.0 Å². The van der Waals surface area contributed by atoms with Crippen molar-refractivity contribution in [2.24, 2.45) is 0 Å². The van der Waals surface area contributed by atoms with Gasteiger partial charge in [0.25, 0.3) is 0 Å². The Morgan fingerprint density at radius 3 is 0.833 bits per heavy atom. The van der Waals surface area contributed by atoms with Gasteiger partial charge in [0.2, 0.25) is 0 Å². The number of halogens is 1. The molecule has 0 aliphatic carbocycles. The van der Waals surface area contributed by atoms with Crippen LogP contribution in [0.2, 0.25) is 0 Å². The Hall–Kier alpha value is 0.698. The third-order valence-corrected chi connectivity index (χ3v) is 0. The summed E-state index contributed by atoms with van der Waals surface area (Å²) in [6, 6.07) is 0. The molecule has 0 saturated heterocycles. The summed E-state index contributed by atoms with van der Waals surface area (Å²) >= 11 is 1.61. The normalized spacial score (nSPS) is 3.58. The van der Waals surface area contributed by atoms with E-state index in [1.807, 2.05) is 0 Å². The van der Waals surface area contributed by atoms with Gasteiger partial charge in [0.05, 0.1) is 0 Å². The van der Waals surface area contributed by atoms with Gasteiger partial charge in [-0.2, -0.15) is 0 Å². The Balaban J connectivity index is -0.00000000317. The number of hydrogen-bond donors (Lipinski definition) is 1. The molecule has 7 nitrogen and oxygen atoms in total. The molecule has 0 aliphatic rings. The zero-order valence-electron chi connectivity index (χ0n) is 6.72. The van der Waals surface area contributed by atoms with E-state index in [2.05, 4.69) is 9.42 Å². The second-order valence-electron chi connectivity index (χ2n) is 1.09. The first-order valence-corrected chi connectivity index (χ1v) is 4.35. The van der Waals surface area contributed by atoms with E-state index < -0.39 is 0 Å². The first-order chi connectivity index (χ1) is 2.73. The molecule has 13 N–H and O–H groups in total. The van der Waals surface area contributed by atoms with Crippen molar-refractivity contribution in [3.05, 3.63) is 0 Å². The van der Waals surface area contributed by atoms with Gasteiger partial charge in [0.1, 0.15) is 0 Å². The molecule has 12 heavy (non-hydrogen) atoms. The van der Waals surface area contributed by atoms with Gasteiger partial charge in [0, 0.05) is 6.10 Å². The summed E-state index contributed by atoms with van der Waals surface area (Å²) < 4.78 is 0. The maximum absolute atomic E-state index is 8.06. The van der Waals surface area contributed by atoms with Crippen molar-refractivity contribution < 1.29 is 56.7 Å². The van der Waals surface area contributed by atoms with Crippen LogP contribution in [0.25, 0.3) is 0 Å². The van der Waals surface area contributed by atoms with Crippen molar-refractivity contribution in [2.45, 2.75) is 20.0 Å². The van der Waals surface area contributed by atoms with E-state index in [1.54, 1.807) is 32.6 Å². The topological polar surface area (TPSA) is 209 Å². The molecule has 0 unspecified atom stereocenters. The standard InChI is InChI=1S/C3H8O.ClH.6H2O.Pt/c1-3(2)4;;;;;;;;/h3-4H,1-2H3;1H;6*1H2;/q;;;;;;;;+1/p-1. The average molecular weight is 399 g/mol. The van der Waals surface area contributed by atoms with Gasteiger partial charge in [-0.3, -0.25) is 0 Å². The third-order valence-electron chi connectivity index (χ3n) is 0. The van der Waals surface area contributed by atoms with Crippen molar-refractivity contribution in [3.63, 3.8) is 0 Å². The fourth-order valence-electron chi connectivity index (χ4n) is 0. The predicted molar refractivity (Wildman–Crippen MR) is 44.9 cm³/mol. The molecule has 0 rings (SSSR count). The van der Waals surface area contributed by atoms with Crippen LogP contribution in [-0.4, -0.2) is 44.1 Å². The molecule has 9 heteroatoms. The van der Waals surface area contributed by atoms with Gasteiger partial charge in [-0.15, -0.1) is 0 Å². The van der Waals surface area contributed by atoms with Crippen LogP contribution < -0.4 is 0 Å². The number of hydrogen-bond acceptors (Lipinski definition) is 1. The molecule has 0 spiro atoms. The molecule has 0 bridgehead atoms. The van der Waals surface area contributed by atoms with Crippen molar-refractivity contribution in [1.29, 1.82) is 0 Å². The van der Waals surface area contributed by atoms with Crippen LogP contribution in [0.5, 0.6) is 0 Å². The van der Waals surface area contributed by atoms with E-state index in [0.717, 1.165) is 0 Å². The van der Waals surface area contributed by atoms with Crippen molar-refractivity contribution >= 4 is 9.42 Å². The third kappa shape index (κ3) is 2060.